The Hall–Kier alpha value is -4.17. The van der Waals surface area contributed by atoms with Gasteiger partial charge in [-0.05, 0) is 78.1 Å². The van der Waals surface area contributed by atoms with Crippen molar-refractivity contribution in [2.75, 3.05) is 6.54 Å². The highest BCUT2D eigenvalue weighted by atomic mass is 32.2. The van der Waals surface area contributed by atoms with Crippen molar-refractivity contribution in [2.24, 2.45) is 0 Å². The minimum Gasteiger partial charge on any atom is -0.489 e. The molecule has 0 saturated heterocycles. The highest BCUT2D eigenvalue weighted by Crippen LogP contribution is 2.37. The number of hydrogen-bond donors (Lipinski definition) is 0. The van der Waals surface area contributed by atoms with E-state index in [1.54, 1.807) is 0 Å². The molecule has 0 radical (unpaired) electrons. The normalized spacial score (nSPS) is 12.0. The maximum absolute atomic E-state index is 11.6. The zero-order chi connectivity index (χ0) is 26.6. The lowest BCUT2D eigenvalue weighted by Gasteiger charge is -2.15. The molecule has 0 N–H and O–H groups in total. The van der Waals surface area contributed by atoms with Crippen LogP contribution in [0.1, 0.15) is 33.3 Å². The van der Waals surface area contributed by atoms with Crippen molar-refractivity contribution in [3.05, 3.63) is 123 Å². The fraction of sp³-hybridized carbons (Fsp3) is 0.200. The van der Waals surface area contributed by atoms with Gasteiger partial charge >= 0.3 is 0 Å². The van der Waals surface area contributed by atoms with E-state index < -0.39 is 5.25 Å². The first kappa shape index (κ1) is 25.5. The van der Waals surface area contributed by atoms with Gasteiger partial charge < -0.3 is 4.74 Å². The average Bonchev–Trinajstić information content (AvgIpc) is 3.28. The van der Waals surface area contributed by atoms with Gasteiger partial charge in [-0.25, -0.2) is 0 Å². The third kappa shape index (κ3) is 5.55. The van der Waals surface area contributed by atoms with Crippen molar-refractivity contribution in [1.82, 2.24) is 14.8 Å². The Bertz CT molecular complexity index is 1590. The third-order valence-corrected chi connectivity index (χ3v) is 7.81. The van der Waals surface area contributed by atoms with E-state index in [2.05, 4.69) is 60.4 Å². The Morgan fingerprint density at radius 2 is 1.68 bits per heavy atom. The number of ether oxygens (including phenoxy) is 1. The Labute approximate surface area is 225 Å². The van der Waals surface area contributed by atoms with Gasteiger partial charge in [0.15, 0.2) is 5.16 Å². The monoisotopic (exact) mass is 524 g/mol. The molecule has 0 fully saturated rings. The van der Waals surface area contributed by atoms with E-state index in [1.165, 1.54) is 22.7 Å². The molecule has 5 aromatic rings. The zero-order valence-electron chi connectivity index (χ0n) is 21.5. The molecule has 4 aromatic carbocycles. The zero-order valence-corrected chi connectivity index (χ0v) is 22.3. The van der Waals surface area contributed by atoms with Crippen LogP contribution in [0.25, 0.3) is 16.5 Å². The van der Waals surface area contributed by atoms with Crippen LogP contribution in [0.2, 0.25) is 0 Å². The van der Waals surface area contributed by atoms with Crippen LogP contribution in [0.15, 0.2) is 90.1 Å². The van der Waals surface area contributed by atoms with Crippen molar-refractivity contribution >= 4 is 22.5 Å². The van der Waals surface area contributed by atoms with Crippen LogP contribution < -0.4 is 4.74 Å². The van der Waals surface area contributed by atoms with Crippen LogP contribution in [0.4, 0.5) is 0 Å². The molecule has 5 rings (SSSR count). The molecule has 0 unspecified atom stereocenters. The molecule has 0 aliphatic heterocycles. The summed E-state index contributed by atoms with van der Waals surface area (Å²) in [5, 5.41) is 22.7. The van der Waals surface area contributed by atoms with E-state index in [1.807, 2.05) is 60.0 Å². The van der Waals surface area contributed by atoms with Gasteiger partial charge in [-0.1, -0.05) is 72.4 Å². The second-order valence-electron chi connectivity index (χ2n) is 9.25. The number of nitro groups is 1. The van der Waals surface area contributed by atoms with Gasteiger partial charge in [-0.15, -0.1) is 10.2 Å². The number of rotatable bonds is 9. The third-order valence-electron chi connectivity index (χ3n) is 6.63. The van der Waals surface area contributed by atoms with Gasteiger partial charge in [0.25, 0.3) is 0 Å². The Kier molecular flexibility index (Phi) is 7.42. The van der Waals surface area contributed by atoms with Crippen molar-refractivity contribution in [2.45, 2.75) is 37.8 Å². The number of nitrogens with zero attached hydrogens (tertiary/aromatic N) is 4. The summed E-state index contributed by atoms with van der Waals surface area (Å²) in [6.45, 7) is 6.21. The molecule has 0 saturated carbocycles. The van der Waals surface area contributed by atoms with E-state index >= 15 is 0 Å². The van der Waals surface area contributed by atoms with Crippen molar-refractivity contribution in [3.63, 3.8) is 0 Å². The minimum absolute atomic E-state index is 0.236. The van der Waals surface area contributed by atoms with Crippen molar-refractivity contribution in [1.29, 1.82) is 0 Å². The summed E-state index contributed by atoms with van der Waals surface area (Å²) >= 11 is 1.35. The molecule has 0 amide bonds. The molecule has 0 aliphatic rings. The molecule has 8 heteroatoms. The summed E-state index contributed by atoms with van der Waals surface area (Å²) in [4.78, 5) is 11.3. The fourth-order valence-corrected chi connectivity index (χ4v) is 5.59. The van der Waals surface area contributed by atoms with E-state index in [4.69, 9.17) is 4.74 Å². The number of hydrogen-bond acceptors (Lipinski definition) is 6. The van der Waals surface area contributed by atoms with Gasteiger partial charge in [-0.2, -0.15) is 0 Å². The highest BCUT2D eigenvalue weighted by Gasteiger charge is 2.24. The predicted octanol–water partition coefficient (Wildman–Crippen LogP) is 7.03. The van der Waals surface area contributed by atoms with Gasteiger partial charge in [-0.3, -0.25) is 14.7 Å². The van der Waals surface area contributed by atoms with Crippen molar-refractivity contribution in [3.8, 4) is 11.4 Å². The molecular weight excluding hydrogens is 496 g/mol. The molecule has 1 atom stereocenters. The quantitative estimate of drug-likeness (QED) is 0.117. The van der Waals surface area contributed by atoms with Gasteiger partial charge in [0, 0.05) is 10.6 Å². The number of thioether (sulfide) groups is 1. The summed E-state index contributed by atoms with van der Waals surface area (Å²) in [5.74, 6) is 1.44. The van der Waals surface area contributed by atoms with E-state index in [0.29, 0.717) is 17.5 Å². The standard InChI is InChI=1S/C30H28N4O3S/c1-20-11-14-26(17-21(20)2)34-22(3)31-32-30(34)38-29(18-33(35)36)24-12-15-27(16-13-24)37-19-25-9-6-8-23-7-4-5-10-28(23)25/h4-17,29H,18-19H2,1-3H3/t29-/m0/s1. The number of aryl methyl sites for hydroxylation is 3. The Balaban J connectivity index is 1.35. The van der Waals surface area contributed by atoms with E-state index in [0.717, 1.165) is 33.6 Å². The summed E-state index contributed by atoms with van der Waals surface area (Å²) in [6, 6.07) is 28.1. The second kappa shape index (κ2) is 11.1. The minimum atomic E-state index is -0.439. The first-order chi connectivity index (χ1) is 18.4. The van der Waals surface area contributed by atoms with E-state index in [9.17, 15) is 10.1 Å². The maximum atomic E-state index is 11.6. The van der Waals surface area contributed by atoms with Crippen LogP contribution in [-0.4, -0.2) is 26.2 Å². The summed E-state index contributed by atoms with van der Waals surface area (Å²) < 4.78 is 8.02. The molecule has 38 heavy (non-hydrogen) atoms. The molecule has 7 nitrogen and oxygen atoms in total. The Morgan fingerprint density at radius 1 is 0.921 bits per heavy atom. The lowest BCUT2D eigenvalue weighted by molar-refractivity contribution is -0.479. The van der Waals surface area contributed by atoms with Crippen LogP contribution in [0.3, 0.4) is 0 Å². The van der Waals surface area contributed by atoms with Gasteiger partial charge in [0.05, 0.1) is 0 Å². The predicted molar refractivity (Wildman–Crippen MR) is 151 cm³/mol. The topological polar surface area (TPSA) is 83.1 Å². The molecule has 0 bridgehead atoms. The lowest BCUT2D eigenvalue weighted by atomic mass is 10.1. The molecular formula is C30H28N4O3S. The fourth-order valence-electron chi connectivity index (χ4n) is 4.41. The molecule has 192 valence electrons. The first-order valence-electron chi connectivity index (χ1n) is 12.4. The average molecular weight is 525 g/mol. The van der Waals surface area contributed by atoms with Crippen LogP contribution >= 0.6 is 11.8 Å². The van der Waals surface area contributed by atoms with Crippen LogP contribution in [0, 0.1) is 30.9 Å². The lowest BCUT2D eigenvalue weighted by Crippen LogP contribution is -2.11. The second-order valence-corrected chi connectivity index (χ2v) is 10.4. The summed E-state index contributed by atoms with van der Waals surface area (Å²) in [5.41, 5.74) is 5.23. The van der Waals surface area contributed by atoms with Gasteiger partial charge in [0.2, 0.25) is 6.54 Å². The molecule has 1 heterocycles. The number of benzene rings is 4. The SMILES string of the molecule is Cc1ccc(-n2c(C)nnc2S[C@@H](C[N+](=O)[O-])c2ccc(OCc3cccc4ccccc34)cc2)cc1C. The smallest absolute Gasteiger partial charge is 0.220 e. The van der Waals surface area contributed by atoms with E-state index in [-0.39, 0.29) is 11.5 Å². The number of aromatic nitrogens is 3. The maximum Gasteiger partial charge on any atom is 0.220 e. The molecule has 0 spiro atoms. The largest absolute Gasteiger partial charge is 0.489 e. The molecule has 1 aromatic heterocycles. The van der Waals surface area contributed by atoms with Crippen LogP contribution in [0.5, 0.6) is 5.75 Å². The molecule has 0 aliphatic carbocycles. The highest BCUT2D eigenvalue weighted by molar-refractivity contribution is 7.99. The first-order valence-corrected chi connectivity index (χ1v) is 13.2. The summed E-state index contributed by atoms with van der Waals surface area (Å²) in [6.07, 6.45) is 0. The Morgan fingerprint density at radius 3 is 2.45 bits per heavy atom. The van der Waals surface area contributed by atoms with Crippen LogP contribution in [-0.2, 0) is 6.61 Å². The van der Waals surface area contributed by atoms with Crippen molar-refractivity contribution < 1.29 is 9.66 Å². The van der Waals surface area contributed by atoms with Gasteiger partial charge in [0.1, 0.15) is 23.4 Å². The summed E-state index contributed by atoms with van der Waals surface area (Å²) in [7, 11) is 0. The number of fused-ring (bicyclic) bond motifs is 1.